The van der Waals surface area contributed by atoms with Gasteiger partial charge in [0.2, 0.25) is 5.82 Å². The first kappa shape index (κ1) is 16.0. The molecule has 5 nitrogen and oxygen atoms in total. The predicted molar refractivity (Wildman–Crippen MR) is 69.6 cm³/mol. The summed E-state index contributed by atoms with van der Waals surface area (Å²) in [7, 11) is 0. The van der Waals surface area contributed by atoms with Crippen LogP contribution in [0.2, 0.25) is 0 Å². The van der Waals surface area contributed by atoms with Crippen LogP contribution in [0, 0.1) is 28.7 Å². The van der Waals surface area contributed by atoms with Gasteiger partial charge in [-0.2, -0.15) is 4.39 Å². The molecule has 0 saturated heterocycles. The monoisotopic (exact) mass is 286 g/mol. The Kier molecular flexibility index (Phi) is 5.54. The summed E-state index contributed by atoms with van der Waals surface area (Å²) in [4.78, 5) is 21.5. The van der Waals surface area contributed by atoms with E-state index in [1.165, 1.54) is 6.92 Å². The average molecular weight is 286 g/mol. The maximum atomic E-state index is 13.8. The lowest BCUT2D eigenvalue weighted by atomic mass is 10.1. The minimum Gasteiger partial charge on any atom is -0.352 e. The SMILES string of the molecule is CCCCCNC(=O)c1c(F)c(C)cc([N+](=O)[O-])c1F. The summed E-state index contributed by atoms with van der Waals surface area (Å²) in [5, 5.41) is 13.0. The minimum absolute atomic E-state index is 0.142. The normalized spacial score (nSPS) is 10.4. The summed E-state index contributed by atoms with van der Waals surface area (Å²) in [5.74, 6) is -3.48. The van der Waals surface area contributed by atoms with E-state index in [0.717, 1.165) is 18.9 Å². The third-order valence-electron chi connectivity index (χ3n) is 2.85. The van der Waals surface area contributed by atoms with Crippen LogP contribution in [0.15, 0.2) is 6.07 Å². The number of aryl methyl sites for hydroxylation is 1. The fourth-order valence-electron chi connectivity index (χ4n) is 1.75. The molecule has 0 aliphatic carbocycles. The van der Waals surface area contributed by atoms with Crippen LogP contribution in [-0.2, 0) is 0 Å². The standard InChI is InChI=1S/C13H16F2N2O3/c1-3-4-5-6-16-13(18)10-11(14)8(2)7-9(12(10)15)17(19)20/h7H,3-6H2,1-2H3,(H,16,18). The number of halogens is 2. The number of carbonyl (C=O) groups is 1. The Hall–Kier alpha value is -2.05. The van der Waals surface area contributed by atoms with Crippen molar-refractivity contribution in [2.24, 2.45) is 0 Å². The molecule has 0 aliphatic rings. The molecule has 110 valence electrons. The van der Waals surface area contributed by atoms with Crippen molar-refractivity contribution >= 4 is 11.6 Å². The highest BCUT2D eigenvalue weighted by molar-refractivity contribution is 5.95. The van der Waals surface area contributed by atoms with Crippen LogP contribution >= 0.6 is 0 Å². The highest BCUT2D eigenvalue weighted by Crippen LogP contribution is 2.26. The molecule has 0 aliphatic heterocycles. The highest BCUT2D eigenvalue weighted by Gasteiger charge is 2.27. The van der Waals surface area contributed by atoms with E-state index in [0.29, 0.717) is 6.42 Å². The predicted octanol–water partition coefficient (Wildman–Crippen LogP) is 3.10. The first-order chi connectivity index (χ1) is 9.40. The third-order valence-corrected chi connectivity index (χ3v) is 2.85. The molecule has 0 bridgehead atoms. The van der Waals surface area contributed by atoms with E-state index in [4.69, 9.17) is 0 Å². The lowest BCUT2D eigenvalue weighted by molar-refractivity contribution is -0.387. The summed E-state index contributed by atoms with van der Waals surface area (Å²) in [6.45, 7) is 3.49. The largest absolute Gasteiger partial charge is 0.352 e. The molecule has 0 aromatic heterocycles. The molecule has 1 aromatic carbocycles. The number of nitrogens with one attached hydrogen (secondary N) is 1. The number of hydrogen-bond donors (Lipinski definition) is 1. The van der Waals surface area contributed by atoms with Crippen molar-refractivity contribution in [2.75, 3.05) is 6.54 Å². The van der Waals surface area contributed by atoms with Gasteiger partial charge in [-0.15, -0.1) is 0 Å². The van der Waals surface area contributed by atoms with Crippen molar-refractivity contribution in [1.82, 2.24) is 5.32 Å². The Morgan fingerprint density at radius 3 is 2.55 bits per heavy atom. The molecule has 0 atom stereocenters. The Balaban J connectivity index is 3.04. The fraction of sp³-hybridized carbons (Fsp3) is 0.462. The van der Waals surface area contributed by atoms with Gasteiger partial charge in [-0.05, 0) is 18.9 Å². The summed E-state index contributed by atoms with van der Waals surface area (Å²) < 4.78 is 27.7. The number of rotatable bonds is 6. The Bertz CT molecular complexity index is 533. The number of carbonyl (C=O) groups excluding carboxylic acids is 1. The quantitative estimate of drug-likeness (QED) is 0.496. The average Bonchev–Trinajstić information content (AvgIpc) is 2.39. The zero-order valence-electron chi connectivity index (χ0n) is 11.3. The van der Waals surface area contributed by atoms with E-state index in [2.05, 4.69) is 5.32 Å². The van der Waals surface area contributed by atoms with Crippen molar-refractivity contribution in [3.05, 3.63) is 38.9 Å². The number of amides is 1. The van der Waals surface area contributed by atoms with E-state index in [1.54, 1.807) is 0 Å². The highest BCUT2D eigenvalue weighted by atomic mass is 19.1. The molecular weight excluding hydrogens is 270 g/mol. The molecule has 1 N–H and O–H groups in total. The van der Waals surface area contributed by atoms with Crippen molar-refractivity contribution in [3.63, 3.8) is 0 Å². The van der Waals surface area contributed by atoms with Crippen LogP contribution in [-0.4, -0.2) is 17.4 Å². The number of benzene rings is 1. The Labute approximate surface area is 115 Å². The molecule has 20 heavy (non-hydrogen) atoms. The molecule has 0 unspecified atom stereocenters. The second kappa shape index (κ2) is 6.93. The molecule has 1 aromatic rings. The molecular formula is C13H16F2N2O3. The molecule has 0 heterocycles. The molecule has 0 radical (unpaired) electrons. The van der Waals surface area contributed by atoms with Crippen molar-refractivity contribution in [1.29, 1.82) is 0 Å². The number of hydrogen-bond acceptors (Lipinski definition) is 3. The van der Waals surface area contributed by atoms with Gasteiger partial charge in [0.1, 0.15) is 11.4 Å². The Morgan fingerprint density at radius 1 is 1.35 bits per heavy atom. The third kappa shape index (κ3) is 3.49. The number of nitro groups is 1. The van der Waals surface area contributed by atoms with Gasteiger partial charge in [-0.1, -0.05) is 19.8 Å². The van der Waals surface area contributed by atoms with Gasteiger partial charge in [0, 0.05) is 12.6 Å². The number of unbranched alkanes of at least 4 members (excludes halogenated alkanes) is 2. The van der Waals surface area contributed by atoms with Crippen LogP contribution in [0.25, 0.3) is 0 Å². The molecule has 7 heteroatoms. The van der Waals surface area contributed by atoms with Gasteiger partial charge in [0.05, 0.1) is 4.92 Å². The number of nitrogens with zero attached hydrogens (tertiary/aromatic N) is 1. The second-order valence-electron chi connectivity index (χ2n) is 4.44. The van der Waals surface area contributed by atoms with Gasteiger partial charge < -0.3 is 5.32 Å². The Morgan fingerprint density at radius 2 is 2.00 bits per heavy atom. The van der Waals surface area contributed by atoms with E-state index in [1.807, 2.05) is 6.92 Å². The van der Waals surface area contributed by atoms with Crippen LogP contribution in [0.3, 0.4) is 0 Å². The fourth-order valence-corrected chi connectivity index (χ4v) is 1.75. The van der Waals surface area contributed by atoms with Crippen LogP contribution in [0.4, 0.5) is 14.5 Å². The molecule has 0 saturated carbocycles. The molecule has 0 fully saturated rings. The van der Waals surface area contributed by atoms with Crippen LogP contribution in [0.5, 0.6) is 0 Å². The van der Waals surface area contributed by atoms with E-state index in [-0.39, 0.29) is 12.1 Å². The lowest BCUT2D eigenvalue weighted by Gasteiger charge is -2.09. The van der Waals surface area contributed by atoms with Crippen molar-refractivity contribution in [3.8, 4) is 0 Å². The van der Waals surface area contributed by atoms with E-state index >= 15 is 0 Å². The minimum atomic E-state index is -1.44. The van der Waals surface area contributed by atoms with Gasteiger partial charge in [0.25, 0.3) is 5.91 Å². The van der Waals surface area contributed by atoms with Gasteiger partial charge in [-0.25, -0.2) is 4.39 Å². The molecule has 1 amide bonds. The van der Waals surface area contributed by atoms with E-state index in [9.17, 15) is 23.7 Å². The van der Waals surface area contributed by atoms with Gasteiger partial charge in [0.15, 0.2) is 0 Å². The summed E-state index contributed by atoms with van der Waals surface area (Å²) in [5.41, 5.74) is -1.94. The lowest BCUT2D eigenvalue weighted by Crippen LogP contribution is -2.27. The maximum Gasteiger partial charge on any atom is 0.306 e. The smallest absolute Gasteiger partial charge is 0.306 e. The maximum absolute atomic E-state index is 13.8. The first-order valence-electron chi connectivity index (χ1n) is 6.31. The molecule has 1 rings (SSSR count). The van der Waals surface area contributed by atoms with Gasteiger partial charge >= 0.3 is 5.69 Å². The zero-order chi connectivity index (χ0) is 15.3. The van der Waals surface area contributed by atoms with Gasteiger partial charge in [-0.3, -0.25) is 14.9 Å². The summed E-state index contributed by atoms with van der Waals surface area (Å²) >= 11 is 0. The molecule has 0 spiro atoms. The topological polar surface area (TPSA) is 72.2 Å². The van der Waals surface area contributed by atoms with Crippen molar-refractivity contribution in [2.45, 2.75) is 33.1 Å². The summed E-state index contributed by atoms with van der Waals surface area (Å²) in [6.07, 6.45) is 2.49. The zero-order valence-corrected chi connectivity index (χ0v) is 11.3. The van der Waals surface area contributed by atoms with Crippen LogP contribution in [0.1, 0.15) is 42.1 Å². The summed E-state index contributed by atoms with van der Waals surface area (Å²) in [6, 6.07) is 0.776. The van der Waals surface area contributed by atoms with Crippen molar-refractivity contribution < 1.29 is 18.5 Å². The second-order valence-corrected chi connectivity index (χ2v) is 4.44. The number of nitro benzene ring substituents is 1. The van der Waals surface area contributed by atoms with Crippen LogP contribution < -0.4 is 5.32 Å². The van der Waals surface area contributed by atoms with E-state index < -0.39 is 33.7 Å². The first-order valence-corrected chi connectivity index (χ1v) is 6.31.